The first-order chi connectivity index (χ1) is 12.8. The van der Waals surface area contributed by atoms with Crippen molar-refractivity contribution in [3.8, 4) is 0 Å². The molecule has 0 aliphatic heterocycles. The van der Waals surface area contributed by atoms with Crippen molar-refractivity contribution in [3.63, 3.8) is 0 Å². The summed E-state index contributed by atoms with van der Waals surface area (Å²) in [5.41, 5.74) is 1.02. The number of amides is 2. The van der Waals surface area contributed by atoms with Gasteiger partial charge in [-0.3, -0.25) is 9.59 Å². The summed E-state index contributed by atoms with van der Waals surface area (Å²) in [6, 6.07) is 7.34. The first kappa shape index (κ1) is 23.2. The third kappa shape index (κ3) is 9.07. The smallest absolute Gasteiger partial charge is 0.230 e. The normalized spacial score (nSPS) is 11.5. The molecule has 0 heterocycles. The number of carbonyl (C=O) groups is 2. The molecular weight excluding hydrogens is 336 g/mol. The van der Waals surface area contributed by atoms with Gasteiger partial charge in [-0.15, -0.1) is 0 Å². The van der Waals surface area contributed by atoms with Crippen LogP contribution in [0.15, 0.2) is 24.3 Å². The fourth-order valence-corrected chi connectivity index (χ4v) is 2.90. The van der Waals surface area contributed by atoms with E-state index in [4.69, 9.17) is 0 Å². The van der Waals surface area contributed by atoms with E-state index in [9.17, 15) is 9.59 Å². The van der Waals surface area contributed by atoms with Crippen molar-refractivity contribution in [2.45, 2.75) is 86.0 Å². The lowest BCUT2D eigenvalue weighted by atomic mass is 9.85. The van der Waals surface area contributed by atoms with Gasteiger partial charge in [-0.2, -0.15) is 0 Å². The Balaban J connectivity index is 2.48. The van der Waals surface area contributed by atoms with Crippen LogP contribution in [0.25, 0.3) is 0 Å². The number of rotatable bonds is 12. The molecule has 4 heteroatoms. The van der Waals surface area contributed by atoms with Crippen LogP contribution in [0.3, 0.4) is 0 Å². The molecule has 1 aromatic rings. The highest BCUT2D eigenvalue weighted by molar-refractivity contribution is 5.96. The van der Waals surface area contributed by atoms with E-state index in [2.05, 4.69) is 17.6 Å². The maximum atomic E-state index is 12.7. The maximum Gasteiger partial charge on any atom is 0.230 e. The maximum absolute atomic E-state index is 12.7. The van der Waals surface area contributed by atoms with Crippen LogP contribution in [-0.4, -0.2) is 11.8 Å². The van der Waals surface area contributed by atoms with Gasteiger partial charge in [0.2, 0.25) is 11.8 Å². The van der Waals surface area contributed by atoms with Crippen molar-refractivity contribution in [2.24, 2.45) is 11.3 Å². The van der Waals surface area contributed by atoms with Gasteiger partial charge in [0.25, 0.3) is 0 Å². The lowest BCUT2D eigenvalue weighted by Gasteiger charge is -2.23. The number of hydrogen-bond donors (Lipinski definition) is 2. The topological polar surface area (TPSA) is 58.2 Å². The van der Waals surface area contributed by atoms with E-state index in [0.29, 0.717) is 11.4 Å². The van der Waals surface area contributed by atoms with Crippen molar-refractivity contribution in [1.29, 1.82) is 0 Å². The zero-order valence-electron chi connectivity index (χ0n) is 17.9. The Bertz CT molecular complexity index is 594. The zero-order valence-corrected chi connectivity index (χ0v) is 17.9. The Morgan fingerprint density at radius 1 is 0.926 bits per heavy atom. The Morgan fingerprint density at radius 3 is 2.07 bits per heavy atom. The second-order valence-electron chi connectivity index (χ2n) is 8.43. The third-order valence-electron chi connectivity index (χ3n) is 4.93. The van der Waals surface area contributed by atoms with Crippen molar-refractivity contribution in [2.75, 3.05) is 10.6 Å². The molecule has 0 aliphatic carbocycles. The molecule has 0 bridgehead atoms. The first-order valence-corrected chi connectivity index (χ1v) is 10.5. The molecule has 0 unspecified atom stereocenters. The molecule has 0 radical (unpaired) electrons. The summed E-state index contributed by atoms with van der Waals surface area (Å²) in [6.07, 6.45) is 9.64. The van der Waals surface area contributed by atoms with Crippen LogP contribution in [0.2, 0.25) is 0 Å². The quantitative estimate of drug-likeness (QED) is 0.417. The SMILES string of the molecule is CCCCCCCCCC(C)(C)C(=O)Nc1cccc(NC(=O)C(C)C)c1. The Morgan fingerprint density at radius 2 is 1.48 bits per heavy atom. The minimum atomic E-state index is -0.402. The van der Waals surface area contributed by atoms with Gasteiger partial charge in [0.1, 0.15) is 0 Å². The summed E-state index contributed by atoms with van der Waals surface area (Å²) in [6.45, 7) is 9.95. The Hall–Kier alpha value is -1.84. The summed E-state index contributed by atoms with van der Waals surface area (Å²) < 4.78 is 0. The minimum absolute atomic E-state index is 0.0285. The number of unbranched alkanes of at least 4 members (excludes halogenated alkanes) is 6. The number of hydrogen-bond acceptors (Lipinski definition) is 2. The minimum Gasteiger partial charge on any atom is -0.326 e. The van der Waals surface area contributed by atoms with Gasteiger partial charge < -0.3 is 10.6 Å². The van der Waals surface area contributed by atoms with Crippen molar-refractivity contribution in [1.82, 2.24) is 0 Å². The van der Waals surface area contributed by atoms with Crippen molar-refractivity contribution < 1.29 is 9.59 Å². The highest BCUT2D eigenvalue weighted by Crippen LogP contribution is 2.27. The summed E-state index contributed by atoms with van der Waals surface area (Å²) in [7, 11) is 0. The van der Waals surface area contributed by atoms with Crippen molar-refractivity contribution >= 4 is 23.2 Å². The Labute approximate surface area is 165 Å². The van der Waals surface area contributed by atoms with E-state index in [-0.39, 0.29) is 17.7 Å². The number of benzene rings is 1. The van der Waals surface area contributed by atoms with Gasteiger partial charge in [-0.05, 0) is 24.6 Å². The molecule has 2 N–H and O–H groups in total. The first-order valence-electron chi connectivity index (χ1n) is 10.5. The molecule has 0 saturated heterocycles. The predicted molar refractivity (Wildman–Crippen MR) is 115 cm³/mol. The van der Waals surface area contributed by atoms with Crippen LogP contribution in [0, 0.1) is 11.3 Å². The summed E-state index contributed by atoms with van der Waals surface area (Å²) in [4.78, 5) is 24.5. The van der Waals surface area contributed by atoms with Crippen LogP contribution in [0.5, 0.6) is 0 Å². The van der Waals surface area contributed by atoms with E-state index < -0.39 is 5.41 Å². The van der Waals surface area contributed by atoms with E-state index >= 15 is 0 Å². The largest absolute Gasteiger partial charge is 0.326 e. The number of nitrogens with one attached hydrogen (secondary N) is 2. The highest BCUT2D eigenvalue weighted by atomic mass is 16.2. The molecule has 0 spiro atoms. The lowest BCUT2D eigenvalue weighted by molar-refractivity contribution is -0.124. The van der Waals surface area contributed by atoms with Gasteiger partial charge in [-0.1, -0.05) is 85.6 Å². The zero-order chi connectivity index (χ0) is 20.3. The summed E-state index contributed by atoms with van der Waals surface area (Å²) >= 11 is 0. The van der Waals surface area contributed by atoms with E-state index in [1.54, 1.807) is 0 Å². The summed E-state index contributed by atoms with van der Waals surface area (Å²) in [5.74, 6) is -0.0808. The van der Waals surface area contributed by atoms with E-state index in [0.717, 1.165) is 12.8 Å². The molecule has 4 nitrogen and oxygen atoms in total. The molecule has 152 valence electrons. The molecule has 2 amide bonds. The van der Waals surface area contributed by atoms with Gasteiger partial charge >= 0.3 is 0 Å². The average molecular weight is 375 g/mol. The van der Waals surface area contributed by atoms with Gasteiger partial charge in [0, 0.05) is 22.7 Å². The third-order valence-corrected chi connectivity index (χ3v) is 4.93. The van der Waals surface area contributed by atoms with Crippen LogP contribution >= 0.6 is 0 Å². The number of anilines is 2. The van der Waals surface area contributed by atoms with E-state index in [1.165, 1.54) is 38.5 Å². The standard InChI is InChI=1S/C23H38N2O2/c1-6-7-8-9-10-11-12-16-23(4,5)22(27)25-20-15-13-14-19(17-20)24-21(26)18(2)3/h13-15,17-18H,6-12,16H2,1-5H3,(H,24,26)(H,25,27). The van der Waals surface area contributed by atoms with Crippen LogP contribution < -0.4 is 10.6 Å². The molecule has 0 aromatic heterocycles. The average Bonchev–Trinajstić information content (AvgIpc) is 2.61. The second-order valence-corrected chi connectivity index (χ2v) is 8.43. The molecule has 0 saturated carbocycles. The van der Waals surface area contributed by atoms with Gasteiger partial charge in [0.05, 0.1) is 0 Å². The molecule has 27 heavy (non-hydrogen) atoms. The molecular formula is C23H38N2O2. The van der Waals surface area contributed by atoms with Crippen LogP contribution in [0.1, 0.15) is 86.0 Å². The van der Waals surface area contributed by atoms with Crippen LogP contribution in [-0.2, 0) is 9.59 Å². The molecule has 0 atom stereocenters. The molecule has 1 rings (SSSR count). The van der Waals surface area contributed by atoms with Crippen molar-refractivity contribution in [3.05, 3.63) is 24.3 Å². The second kappa shape index (κ2) is 11.8. The predicted octanol–water partition coefficient (Wildman–Crippen LogP) is 6.39. The highest BCUT2D eigenvalue weighted by Gasteiger charge is 2.27. The monoisotopic (exact) mass is 374 g/mol. The fourth-order valence-electron chi connectivity index (χ4n) is 2.90. The van der Waals surface area contributed by atoms with Gasteiger partial charge in [-0.25, -0.2) is 0 Å². The lowest BCUT2D eigenvalue weighted by Crippen LogP contribution is -2.30. The van der Waals surface area contributed by atoms with E-state index in [1.807, 2.05) is 52.0 Å². The molecule has 0 fully saturated rings. The van der Waals surface area contributed by atoms with Crippen LogP contribution in [0.4, 0.5) is 11.4 Å². The number of carbonyl (C=O) groups excluding carboxylic acids is 2. The molecule has 0 aliphatic rings. The molecule has 1 aromatic carbocycles. The summed E-state index contributed by atoms with van der Waals surface area (Å²) in [5, 5.41) is 5.87. The fraction of sp³-hybridized carbons (Fsp3) is 0.652. The Kier molecular flexibility index (Phi) is 10.1. The van der Waals surface area contributed by atoms with Gasteiger partial charge in [0.15, 0.2) is 0 Å².